The van der Waals surface area contributed by atoms with Crippen LogP contribution in [0.3, 0.4) is 0 Å². The molecule has 1 N–H and O–H groups in total. The van der Waals surface area contributed by atoms with Crippen molar-refractivity contribution in [3.05, 3.63) is 54.1 Å². The van der Waals surface area contributed by atoms with Gasteiger partial charge in [-0.05, 0) is 49.2 Å². The Morgan fingerprint density at radius 2 is 1.69 bits per heavy atom. The normalized spacial score (nSPS) is 14.2. The highest BCUT2D eigenvalue weighted by Gasteiger charge is 2.22. The van der Waals surface area contributed by atoms with E-state index in [2.05, 4.69) is 41.4 Å². The lowest BCUT2D eigenvalue weighted by molar-refractivity contribution is 0.208. The Bertz CT molecular complexity index is 722. The topological polar surface area (TPSA) is 44.8 Å². The van der Waals surface area contributed by atoms with E-state index in [9.17, 15) is 4.79 Å². The number of carbonyl (C=O) groups is 1. The van der Waals surface area contributed by atoms with Gasteiger partial charge in [0.1, 0.15) is 5.75 Å². The molecule has 0 bridgehead atoms. The molecular formula is C21H27N3O2. The Hall–Kier alpha value is -2.69. The van der Waals surface area contributed by atoms with Crippen LogP contribution in [0.2, 0.25) is 0 Å². The van der Waals surface area contributed by atoms with E-state index < -0.39 is 0 Å². The number of aryl methyl sites for hydroxylation is 1. The first-order valence-corrected chi connectivity index (χ1v) is 9.33. The molecule has 0 aromatic heterocycles. The molecule has 0 aliphatic carbocycles. The van der Waals surface area contributed by atoms with Crippen molar-refractivity contribution in [2.75, 3.05) is 43.0 Å². The highest BCUT2D eigenvalue weighted by atomic mass is 16.5. The molecule has 0 radical (unpaired) electrons. The largest absolute Gasteiger partial charge is 0.494 e. The molecule has 2 amide bonds. The molecule has 1 aliphatic rings. The summed E-state index contributed by atoms with van der Waals surface area (Å²) in [5.41, 5.74) is 3.44. The lowest BCUT2D eigenvalue weighted by atomic mass is 10.1. The maximum absolute atomic E-state index is 12.5. The number of carbonyl (C=O) groups excluding carboxylic acids is 1. The molecule has 138 valence electrons. The second kappa shape index (κ2) is 8.61. The van der Waals surface area contributed by atoms with Gasteiger partial charge in [0.25, 0.3) is 0 Å². The van der Waals surface area contributed by atoms with E-state index in [4.69, 9.17) is 4.74 Å². The monoisotopic (exact) mass is 353 g/mol. The number of nitrogens with one attached hydrogen (secondary N) is 1. The molecule has 1 saturated heterocycles. The number of amides is 2. The average molecular weight is 353 g/mol. The van der Waals surface area contributed by atoms with Gasteiger partial charge in [0.2, 0.25) is 0 Å². The van der Waals surface area contributed by atoms with Gasteiger partial charge in [-0.2, -0.15) is 0 Å². The van der Waals surface area contributed by atoms with Gasteiger partial charge in [-0.1, -0.05) is 25.1 Å². The van der Waals surface area contributed by atoms with Gasteiger partial charge in [-0.25, -0.2) is 4.79 Å². The lowest BCUT2D eigenvalue weighted by Gasteiger charge is -2.37. The van der Waals surface area contributed by atoms with E-state index in [1.807, 2.05) is 36.1 Å². The SMILES string of the molecule is CCOc1ccc(NC(=O)N2CCN(c3ccccc3CC)CC2)cc1. The van der Waals surface area contributed by atoms with Crippen LogP contribution in [0.5, 0.6) is 5.75 Å². The smallest absolute Gasteiger partial charge is 0.321 e. The number of hydrogen-bond acceptors (Lipinski definition) is 3. The minimum Gasteiger partial charge on any atom is -0.494 e. The second-order valence-electron chi connectivity index (χ2n) is 6.34. The van der Waals surface area contributed by atoms with E-state index >= 15 is 0 Å². The van der Waals surface area contributed by atoms with Crippen LogP contribution in [-0.2, 0) is 6.42 Å². The predicted molar refractivity (Wildman–Crippen MR) is 106 cm³/mol. The molecule has 2 aromatic carbocycles. The molecule has 1 aliphatic heterocycles. The van der Waals surface area contributed by atoms with Crippen LogP contribution in [0.1, 0.15) is 19.4 Å². The fourth-order valence-electron chi connectivity index (χ4n) is 3.27. The molecule has 0 unspecified atom stereocenters. The maximum Gasteiger partial charge on any atom is 0.321 e. The Morgan fingerprint density at radius 1 is 1.00 bits per heavy atom. The van der Waals surface area contributed by atoms with E-state index in [0.717, 1.165) is 44.0 Å². The zero-order valence-electron chi connectivity index (χ0n) is 15.6. The summed E-state index contributed by atoms with van der Waals surface area (Å²) in [5, 5.41) is 2.97. The summed E-state index contributed by atoms with van der Waals surface area (Å²) in [4.78, 5) is 16.8. The Kier molecular flexibility index (Phi) is 6.00. The van der Waals surface area contributed by atoms with E-state index in [-0.39, 0.29) is 6.03 Å². The quantitative estimate of drug-likeness (QED) is 0.884. The molecule has 0 atom stereocenters. The first-order valence-electron chi connectivity index (χ1n) is 9.33. The number of ether oxygens (including phenoxy) is 1. The van der Waals surface area contributed by atoms with Crippen molar-refractivity contribution >= 4 is 17.4 Å². The summed E-state index contributed by atoms with van der Waals surface area (Å²) in [5.74, 6) is 0.814. The summed E-state index contributed by atoms with van der Waals surface area (Å²) < 4.78 is 5.43. The van der Waals surface area contributed by atoms with Crippen molar-refractivity contribution in [2.45, 2.75) is 20.3 Å². The number of para-hydroxylation sites is 1. The van der Waals surface area contributed by atoms with Crippen molar-refractivity contribution < 1.29 is 9.53 Å². The summed E-state index contributed by atoms with van der Waals surface area (Å²) in [6, 6.07) is 16.0. The van der Waals surface area contributed by atoms with E-state index in [1.54, 1.807) is 0 Å². The van der Waals surface area contributed by atoms with Gasteiger partial charge >= 0.3 is 6.03 Å². The van der Waals surface area contributed by atoms with Gasteiger partial charge in [-0.3, -0.25) is 0 Å². The number of anilines is 2. The van der Waals surface area contributed by atoms with E-state index in [0.29, 0.717) is 6.61 Å². The third-order valence-corrected chi connectivity index (χ3v) is 4.70. The van der Waals surface area contributed by atoms with Crippen molar-refractivity contribution in [1.29, 1.82) is 0 Å². The van der Waals surface area contributed by atoms with Crippen LogP contribution in [0, 0.1) is 0 Å². The molecule has 5 heteroatoms. The van der Waals surface area contributed by atoms with Crippen LogP contribution < -0.4 is 15.0 Å². The number of urea groups is 1. The highest BCUT2D eigenvalue weighted by molar-refractivity contribution is 5.89. The molecule has 1 heterocycles. The van der Waals surface area contributed by atoms with E-state index in [1.165, 1.54) is 11.3 Å². The van der Waals surface area contributed by atoms with Gasteiger partial charge < -0.3 is 19.9 Å². The number of nitrogens with zero attached hydrogens (tertiary/aromatic N) is 2. The van der Waals surface area contributed by atoms with Gasteiger partial charge in [0.05, 0.1) is 6.61 Å². The molecule has 0 spiro atoms. The number of piperazine rings is 1. The number of hydrogen-bond donors (Lipinski definition) is 1. The minimum atomic E-state index is -0.0439. The van der Waals surface area contributed by atoms with Crippen molar-refractivity contribution in [2.24, 2.45) is 0 Å². The molecular weight excluding hydrogens is 326 g/mol. The summed E-state index contributed by atoms with van der Waals surface area (Å²) in [6.45, 7) is 7.92. The molecule has 1 fully saturated rings. The van der Waals surface area contributed by atoms with Crippen LogP contribution in [0.25, 0.3) is 0 Å². The van der Waals surface area contributed by atoms with Crippen LogP contribution in [0.15, 0.2) is 48.5 Å². The molecule has 3 rings (SSSR count). The molecule has 26 heavy (non-hydrogen) atoms. The maximum atomic E-state index is 12.5. The average Bonchev–Trinajstić information content (AvgIpc) is 2.70. The standard InChI is InChI=1S/C21H27N3O2/c1-3-17-7-5-6-8-20(17)23-13-15-24(16-14-23)21(25)22-18-9-11-19(12-10-18)26-4-2/h5-12H,3-4,13-16H2,1-2H3,(H,22,25). The van der Waals surface area contributed by atoms with Crippen molar-refractivity contribution in [1.82, 2.24) is 4.90 Å². The minimum absolute atomic E-state index is 0.0439. The highest BCUT2D eigenvalue weighted by Crippen LogP contribution is 2.22. The third-order valence-electron chi connectivity index (χ3n) is 4.70. The summed E-state index contributed by atoms with van der Waals surface area (Å²) in [7, 11) is 0. The molecule has 0 saturated carbocycles. The molecule has 5 nitrogen and oxygen atoms in total. The number of benzene rings is 2. The Morgan fingerprint density at radius 3 is 2.35 bits per heavy atom. The van der Waals surface area contributed by atoms with Crippen molar-refractivity contribution in [3.8, 4) is 5.75 Å². The fraction of sp³-hybridized carbons (Fsp3) is 0.381. The second-order valence-corrected chi connectivity index (χ2v) is 6.34. The zero-order valence-corrected chi connectivity index (χ0v) is 15.6. The van der Waals surface area contributed by atoms with Gasteiger partial charge in [-0.15, -0.1) is 0 Å². The van der Waals surface area contributed by atoms with Crippen molar-refractivity contribution in [3.63, 3.8) is 0 Å². The first kappa shape index (κ1) is 18.1. The Labute approximate surface area is 155 Å². The third kappa shape index (κ3) is 4.28. The fourth-order valence-corrected chi connectivity index (χ4v) is 3.27. The lowest BCUT2D eigenvalue weighted by Crippen LogP contribution is -2.50. The Balaban J connectivity index is 1.55. The zero-order chi connectivity index (χ0) is 18.4. The van der Waals surface area contributed by atoms with Crippen LogP contribution in [-0.4, -0.2) is 43.7 Å². The number of rotatable bonds is 5. The molecule has 2 aromatic rings. The van der Waals surface area contributed by atoms with Gasteiger partial charge in [0.15, 0.2) is 0 Å². The first-order chi connectivity index (χ1) is 12.7. The summed E-state index contributed by atoms with van der Waals surface area (Å²) >= 11 is 0. The van der Waals surface area contributed by atoms with Gasteiger partial charge in [0, 0.05) is 37.6 Å². The summed E-state index contributed by atoms with van der Waals surface area (Å²) in [6.07, 6.45) is 1.02. The predicted octanol–water partition coefficient (Wildman–Crippen LogP) is 4.00. The van der Waals surface area contributed by atoms with Crippen LogP contribution in [0.4, 0.5) is 16.2 Å². The van der Waals surface area contributed by atoms with Crippen LogP contribution >= 0.6 is 0 Å².